The SMILES string of the molecule is CC(C)OCCN(C)CCOc1cccc(N)c1. The van der Waals surface area contributed by atoms with E-state index in [1.807, 2.05) is 38.1 Å². The molecule has 0 aliphatic heterocycles. The van der Waals surface area contributed by atoms with Crippen LogP contribution in [0.3, 0.4) is 0 Å². The van der Waals surface area contributed by atoms with E-state index in [-0.39, 0.29) is 0 Å². The molecular formula is C14H24N2O2. The Morgan fingerprint density at radius 1 is 1.22 bits per heavy atom. The van der Waals surface area contributed by atoms with Crippen molar-refractivity contribution in [1.82, 2.24) is 4.90 Å². The second kappa shape index (κ2) is 7.95. The molecule has 0 saturated carbocycles. The van der Waals surface area contributed by atoms with Crippen LogP contribution in [-0.2, 0) is 4.74 Å². The van der Waals surface area contributed by atoms with Crippen LogP contribution >= 0.6 is 0 Å². The summed E-state index contributed by atoms with van der Waals surface area (Å²) in [5, 5.41) is 0. The number of hydrogen-bond acceptors (Lipinski definition) is 4. The molecule has 1 aromatic carbocycles. The van der Waals surface area contributed by atoms with Crippen molar-refractivity contribution in [2.75, 3.05) is 39.1 Å². The highest BCUT2D eigenvalue weighted by Crippen LogP contribution is 2.14. The monoisotopic (exact) mass is 252 g/mol. The van der Waals surface area contributed by atoms with E-state index >= 15 is 0 Å². The van der Waals surface area contributed by atoms with Crippen LogP contribution in [0.15, 0.2) is 24.3 Å². The normalized spacial score (nSPS) is 11.2. The smallest absolute Gasteiger partial charge is 0.121 e. The molecule has 0 aliphatic carbocycles. The summed E-state index contributed by atoms with van der Waals surface area (Å²) in [6.45, 7) is 7.29. The van der Waals surface area contributed by atoms with Gasteiger partial charge < -0.3 is 20.1 Å². The van der Waals surface area contributed by atoms with E-state index in [1.165, 1.54) is 0 Å². The van der Waals surface area contributed by atoms with Gasteiger partial charge in [-0.15, -0.1) is 0 Å². The molecule has 1 rings (SSSR count). The molecule has 0 heterocycles. The van der Waals surface area contributed by atoms with Gasteiger partial charge in [0.2, 0.25) is 0 Å². The molecule has 2 N–H and O–H groups in total. The minimum Gasteiger partial charge on any atom is -0.492 e. The van der Waals surface area contributed by atoms with Gasteiger partial charge in [0.1, 0.15) is 12.4 Å². The van der Waals surface area contributed by atoms with Crippen molar-refractivity contribution in [2.45, 2.75) is 20.0 Å². The van der Waals surface area contributed by atoms with Gasteiger partial charge in [-0.05, 0) is 33.0 Å². The average Bonchev–Trinajstić information content (AvgIpc) is 2.28. The fourth-order valence-electron chi connectivity index (χ4n) is 1.48. The number of likely N-dealkylation sites (N-methyl/N-ethyl adjacent to an activating group) is 1. The van der Waals surface area contributed by atoms with Crippen molar-refractivity contribution in [3.05, 3.63) is 24.3 Å². The third kappa shape index (κ3) is 6.47. The van der Waals surface area contributed by atoms with Crippen molar-refractivity contribution < 1.29 is 9.47 Å². The Morgan fingerprint density at radius 2 is 1.94 bits per heavy atom. The number of benzene rings is 1. The highest BCUT2D eigenvalue weighted by molar-refractivity contribution is 5.43. The van der Waals surface area contributed by atoms with E-state index in [4.69, 9.17) is 15.2 Å². The Morgan fingerprint density at radius 3 is 2.61 bits per heavy atom. The summed E-state index contributed by atoms with van der Waals surface area (Å²) in [6.07, 6.45) is 0.293. The minimum absolute atomic E-state index is 0.293. The van der Waals surface area contributed by atoms with E-state index in [2.05, 4.69) is 11.9 Å². The van der Waals surface area contributed by atoms with Crippen molar-refractivity contribution in [3.8, 4) is 5.75 Å². The van der Waals surface area contributed by atoms with Crippen LogP contribution in [0.1, 0.15) is 13.8 Å². The van der Waals surface area contributed by atoms with E-state index in [0.717, 1.165) is 31.1 Å². The lowest BCUT2D eigenvalue weighted by Crippen LogP contribution is -2.28. The zero-order valence-electron chi connectivity index (χ0n) is 11.6. The Kier molecular flexibility index (Phi) is 6.54. The number of nitrogens with two attached hydrogens (primary N) is 1. The molecule has 0 spiro atoms. The van der Waals surface area contributed by atoms with Crippen LogP contribution in [0.4, 0.5) is 5.69 Å². The zero-order valence-corrected chi connectivity index (χ0v) is 11.6. The highest BCUT2D eigenvalue weighted by Gasteiger charge is 2.00. The fraction of sp³-hybridized carbons (Fsp3) is 0.571. The van der Waals surface area contributed by atoms with E-state index in [9.17, 15) is 0 Å². The van der Waals surface area contributed by atoms with Crippen LogP contribution in [0.25, 0.3) is 0 Å². The molecule has 1 aromatic rings. The minimum atomic E-state index is 0.293. The maximum atomic E-state index is 5.68. The first kappa shape index (κ1) is 14.8. The van der Waals surface area contributed by atoms with Crippen LogP contribution < -0.4 is 10.5 Å². The first-order valence-corrected chi connectivity index (χ1v) is 6.36. The molecule has 4 heteroatoms. The summed E-state index contributed by atoms with van der Waals surface area (Å²) in [4.78, 5) is 2.19. The lowest BCUT2D eigenvalue weighted by Gasteiger charge is -2.17. The zero-order chi connectivity index (χ0) is 13.4. The van der Waals surface area contributed by atoms with Gasteiger partial charge in [-0.1, -0.05) is 6.07 Å². The number of hydrogen-bond donors (Lipinski definition) is 1. The molecule has 102 valence electrons. The van der Waals surface area contributed by atoms with Gasteiger partial charge in [0, 0.05) is 24.8 Å². The van der Waals surface area contributed by atoms with Crippen molar-refractivity contribution in [2.24, 2.45) is 0 Å². The first-order valence-electron chi connectivity index (χ1n) is 6.36. The maximum Gasteiger partial charge on any atom is 0.121 e. The average molecular weight is 252 g/mol. The summed E-state index contributed by atoms with van der Waals surface area (Å²) in [7, 11) is 2.06. The Hall–Kier alpha value is -1.26. The molecule has 0 atom stereocenters. The van der Waals surface area contributed by atoms with Gasteiger partial charge in [0.15, 0.2) is 0 Å². The number of nitrogens with zero attached hydrogens (tertiary/aromatic N) is 1. The Balaban J connectivity index is 2.13. The van der Waals surface area contributed by atoms with Crippen LogP contribution in [0.2, 0.25) is 0 Å². The number of nitrogen functional groups attached to an aromatic ring is 1. The topological polar surface area (TPSA) is 47.7 Å². The van der Waals surface area contributed by atoms with Gasteiger partial charge in [-0.25, -0.2) is 0 Å². The second-order valence-corrected chi connectivity index (χ2v) is 4.64. The van der Waals surface area contributed by atoms with Crippen molar-refractivity contribution in [1.29, 1.82) is 0 Å². The largest absolute Gasteiger partial charge is 0.492 e. The van der Waals surface area contributed by atoms with E-state index in [1.54, 1.807) is 0 Å². The fourth-order valence-corrected chi connectivity index (χ4v) is 1.48. The molecular weight excluding hydrogens is 228 g/mol. The summed E-state index contributed by atoms with van der Waals surface area (Å²) < 4.78 is 11.1. The van der Waals surface area contributed by atoms with Gasteiger partial charge in [-0.3, -0.25) is 0 Å². The maximum absolute atomic E-state index is 5.68. The lowest BCUT2D eigenvalue weighted by molar-refractivity contribution is 0.0616. The summed E-state index contributed by atoms with van der Waals surface area (Å²) in [5.41, 5.74) is 6.41. The number of anilines is 1. The third-order valence-corrected chi connectivity index (χ3v) is 2.52. The third-order valence-electron chi connectivity index (χ3n) is 2.52. The van der Waals surface area contributed by atoms with Gasteiger partial charge in [-0.2, -0.15) is 0 Å². The molecule has 4 nitrogen and oxygen atoms in total. The van der Waals surface area contributed by atoms with Crippen LogP contribution in [-0.4, -0.2) is 44.4 Å². The highest BCUT2D eigenvalue weighted by atomic mass is 16.5. The molecule has 0 fully saturated rings. The van der Waals surface area contributed by atoms with Gasteiger partial charge in [0.25, 0.3) is 0 Å². The lowest BCUT2D eigenvalue weighted by atomic mass is 10.3. The molecule has 0 saturated heterocycles. The molecule has 0 radical (unpaired) electrons. The molecule has 0 unspecified atom stereocenters. The Bertz CT molecular complexity index is 342. The van der Waals surface area contributed by atoms with Gasteiger partial charge >= 0.3 is 0 Å². The molecule has 0 aromatic heterocycles. The van der Waals surface area contributed by atoms with E-state index in [0.29, 0.717) is 12.7 Å². The van der Waals surface area contributed by atoms with Gasteiger partial charge in [0.05, 0.1) is 12.7 Å². The predicted octanol–water partition coefficient (Wildman–Crippen LogP) is 2.00. The quantitative estimate of drug-likeness (QED) is 0.719. The van der Waals surface area contributed by atoms with Crippen molar-refractivity contribution in [3.63, 3.8) is 0 Å². The molecule has 0 aliphatic rings. The summed E-state index contributed by atoms with van der Waals surface area (Å²) in [5.74, 6) is 0.821. The Labute approximate surface area is 110 Å². The first-order chi connectivity index (χ1) is 8.58. The van der Waals surface area contributed by atoms with Crippen LogP contribution in [0, 0.1) is 0 Å². The molecule has 0 amide bonds. The summed E-state index contributed by atoms with van der Waals surface area (Å²) >= 11 is 0. The summed E-state index contributed by atoms with van der Waals surface area (Å²) in [6, 6.07) is 7.49. The molecule has 0 bridgehead atoms. The van der Waals surface area contributed by atoms with E-state index < -0.39 is 0 Å². The number of rotatable bonds is 8. The second-order valence-electron chi connectivity index (χ2n) is 4.64. The van der Waals surface area contributed by atoms with Crippen molar-refractivity contribution >= 4 is 5.69 Å². The predicted molar refractivity (Wildman–Crippen MR) is 74.9 cm³/mol. The molecule has 18 heavy (non-hydrogen) atoms. The van der Waals surface area contributed by atoms with Crippen LogP contribution in [0.5, 0.6) is 5.75 Å². The standard InChI is InChI=1S/C14H24N2O2/c1-12(2)17-9-7-16(3)8-10-18-14-6-4-5-13(15)11-14/h4-6,11-12H,7-10,15H2,1-3H3. The number of ether oxygens (including phenoxy) is 2.